The van der Waals surface area contributed by atoms with Gasteiger partial charge in [-0.25, -0.2) is 4.39 Å². The van der Waals surface area contributed by atoms with Gasteiger partial charge in [-0.3, -0.25) is 4.79 Å². The summed E-state index contributed by atoms with van der Waals surface area (Å²) in [6.45, 7) is 7.30. The molecule has 0 aliphatic heterocycles. The number of hydrogen-bond donors (Lipinski definition) is 1. The lowest BCUT2D eigenvalue weighted by Crippen LogP contribution is -2.44. The second-order valence-corrected chi connectivity index (χ2v) is 6.18. The number of halogens is 1. The van der Waals surface area contributed by atoms with E-state index >= 15 is 0 Å². The van der Waals surface area contributed by atoms with Crippen molar-refractivity contribution < 1.29 is 18.7 Å². The molecule has 0 aliphatic carbocycles. The molecule has 0 heterocycles. The van der Waals surface area contributed by atoms with Gasteiger partial charge in [-0.05, 0) is 51.8 Å². The van der Waals surface area contributed by atoms with Crippen molar-refractivity contribution in [2.45, 2.75) is 51.9 Å². The minimum Gasteiger partial charge on any atom is -0.461 e. The van der Waals surface area contributed by atoms with Crippen molar-refractivity contribution in [3.8, 4) is 0 Å². The molecular weight excluding hydrogens is 285 g/mol. The van der Waals surface area contributed by atoms with Crippen LogP contribution in [-0.2, 0) is 20.7 Å². The van der Waals surface area contributed by atoms with Crippen molar-refractivity contribution in [3.05, 3.63) is 35.6 Å². The fourth-order valence-electron chi connectivity index (χ4n) is 2.38. The van der Waals surface area contributed by atoms with Crippen molar-refractivity contribution in [2.24, 2.45) is 11.7 Å². The van der Waals surface area contributed by atoms with Gasteiger partial charge in [0.1, 0.15) is 18.0 Å². The molecule has 0 aromatic heterocycles. The summed E-state index contributed by atoms with van der Waals surface area (Å²) < 4.78 is 24.0. The van der Waals surface area contributed by atoms with Crippen LogP contribution in [0.5, 0.6) is 0 Å². The fourth-order valence-corrected chi connectivity index (χ4v) is 2.38. The summed E-state index contributed by atoms with van der Waals surface area (Å²) >= 11 is 0. The van der Waals surface area contributed by atoms with E-state index in [0.29, 0.717) is 6.42 Å². The van der Waals surface area contributed by atoms with Gasteiger partial charge in [-0.15, -0.1) is 0 Å². The van der Waals surface area contributed by atoms with E-state index in [0.717, 1.165) is 5.56 Å². The number of benzene rings is 1. The fraction of sp³-hybridized carbons (Fsp3) is 0.588. The van der Waals surface area contributed by atoms with Crippen molar-refractivity contribution in [1.82, 2.24) is 0 Å². The van der Waals surface area contributed by atoms with Crippen LogP contribution < -0.4 is 5.73 Å². The van der Waals surface area contributed by atoms with Crippen LogP contribution in [0.3, 0.4) is 0 Å². The van der Waals surface area contributed by atoms with E-state index < -0.39 is 17.6 Å². The predicted molar refractivity (Wildman–Crippen MR) is 83.9 cm³/mol. The predicted octanol–water partition coefficient (Wildman–Crippen LogP) is 2.69. The molecule has 1 rings (SSSR count). The normalized spacial score (nSPS) is 16.0. The average Bonchev–Trinajstić information content (AvgIpc) is 2.46. The van der Waals surface area contributed by atoms with Gasteiger partial charge >= 0.3 is 5.97 Å². The van der Waals surface area contributed by atoms with Gasteiger partial charge in [0.2, 0.25) is 0 Å². The van der Waals surface area contributed by atoms with E-state index in [2.05, 4.69) is 0 Å². The van der Waals surface area contributed by atoms with E-state index in [-0.39, 0.29) is 17.8 Å². The zero-order valence-corrected chi connectivity index (χ0v) is 13.9. The highest BCUT2D eigenvalue weighted by atomic mass is 19.1. The lowest BCUT2D eigenvalue weighted by Gasteiger charge is -2.37. The minimum atomic E-state index is -0.667. The Hall–Kier alpha value is -1.46. The Morgan fingerprint density at radius 2 is 1.82 bits per heavy atom. The first-order valence-corrected chi connectivity index (χ1v) is 7.43. The average molecular weight is 311 g/mol. The highest BCUT2D eigenvalue weighted by molar-refractivity contribution is 5.75. The number of esters is 1. The molecule has 0 radical (unpaired) electrons. The number of nitrogens with two attached hydrogens (primary N) is 1. The smallest absolute Gasteiger partial charge is 0.322 e. The molecule has 0 saturated heterocycles. The van der Waals surface area contributed by atoms with E-state index in [1.54, 1.807) is 26.2 Å². The van der Waals surface area contributed by atoms with Crippen LogP contribution in [0, 0.1) is 11.7 Å². The molecule has 124 valence electrons. The molecule has 0 unspecified atom stereocenters. The zero-order valence-electron chi connectivity index (χ0n) is 13.9. The van der Waals surface area contributed by atoms with Gasteiger partial charge in [0, 0.05) is 13.0 Å². The largest absolute Gasteiger partial charge is 0.461 e. The summed E-state index contributed by atoms with van der Waals surface area (Å²) in [5.41, 5.74) is 6.00. The monoisotopic (exact) mass is 311 g/mol. The molecule has 22 heavy (non-hydrogen) atoms. The van der Waals surface area contributed by atoms with Gasteiger partial charge in [0.15, 0.2) is 0 Å². The van der Waals surface area contributed by atoms with E-state index in [1.807, 2.05) is 20.8 Å². The second kappa shape index (κ2) is 7.70. The van der Waals surface area contributed by atoms with Gasteiger partial charge in [-0.2, -0.15) is 0 Å². The van der Waals surface area contributed by atoms with Crippen molar-refractivity contribution >= 4 is 5.97 Å². The Labute approximate surface area is 131 Å². The van der Waals surface area contributed by atoms with Crippen LogP contribution in [0.1, 0.15) is 33.3 Å². The molecule has 4 nitrogen and oxygen atoms in total. The number of carbonyl (C=O) groups excluding carboxylic acids is 1. The van der Waals surface area contributed by atoms with Crippen molar-refractivity contribution in [3.63, 3.8) is 0 Å². The van der Waals surface area contributed by atoms with Crippen LogP contribution >= 0.6 is 0 Å². The molecule has 2 N–H and O–H groups in total. The molecule has 0 amide bonds. The number of rotatable bonds is 7. The maximum atomic E-state index is 13.0. The quantitative estimate of drug-likeness (QED) is 0.787. The van der Waals surface area contributed by atoms with Crippen LogP contribution in [0.2, 0.25) is 0 Å². The molecule has 3 atom stereocenters. The maximum Gasteiger partial charge on any atom is 0.322 e. The molecule has 0 fully saturated rings. The molecule has 0 spiro atoms. The Morgan fingerprint density at radius 1 is 1.27 bits per heavy atom. The lowest BCUT2D eigenvalue weighted by molar-refractivity contribution is -0.158. The van der Waals surface area contributed by atoms with Crippen LogP contribution in [0.15, 0.2) is 24.3 Å². The first-order chi connectivity index (χ1) is 10.2. The number of methoxy groups -OCH3 is 1. The summed E-state index contributed by atoms with van der Waals surface area (Å²) in [4.78, 5) is 11.7. The minimum absolute atomic E-state index is 0.0920. The molecule has 0 bridgehead atoms. The van der Waals surface area contributed by atoms with Crippen molar-refractivity contribution in [2.75, 3.05) is 7.11 Å². The van der Waals surface area contributed by atoms with Gasteiger partial charge in [0.05, 0.1) is 5.60 Å². The summed E-state index contributed by atoms with van der Waals surface area (Å²) in [5, 5.41) is 0. The third kappa shape index (κ3) is 5.07. The molecule has 1 aromatic rings. The summed E-state index contributed by atoms with van der Waals surface area (Å²) in [6, 6.07) is 5.64. The highest BCUT2D eigenvalue weighted by Crippen LogP contribution is 2.29. The Morgan fingerprint density at radius 3 is 2.27 bits per heavy atom. The number of carbonyl (C=O) groups is 1. The Bertz CT molecular complexity index is 485. The van der Waals surface area contributed by atoms with Crippen molar-refractivity contribution in [1.29, 1.82) is 0 Å². The van der Waals surface area contributed by atoms with Gasteiger partial charge in [-0.1, -0.05) is 12.1 Å². The molecule has 0 aliphatic rings. The number of ether oxygens (including phenoxy) is 2. The Kier molecular flexibility index (Phi) is 6.50. The zero-order chi connectivity index (χ0) is 16.9. The third-order valence-electron chi connectivity index (χ3n) is 4.03. The Balaban J connectivity index is 2.93. The van der Waals surface area contributed by atoms with Gasteiger partial charge in [0.25, 0.3) is 0 Å². The van der Waals surface area contributed by atoms with Crippen LogP contribution in [0.4, 0.5) is 4.39 Å². The van der Waals surface area contributed by atoms with E-state index in [1.165, 1.54) is 12.1 Å². The topological polar surface area (TPSA) is 61.5 Å². The standard InChI is InChI=1S/C17H26FNO3/c1-11(19)16(20)22-12(2)15(17(3,4)21-5)10-13-6-8-14(18)9-7-13/h6-9,11-12,15H,10,19H2,1-5H3/t11-,12-,15-/m0/s1. The van der Waals surface area contributed by atoms with Crippen LogP contribution in [-0.4, -0.2) is 30.8 Å². The molecule has 5 heteroatoms. The molecule has 1 aromatic carbocycles. The second-order valence-electron chi connectivity index (χ2n) is 6.18. The first kappa shape index (κ1) is 18.6. The molecule has 0 saturated carbocycles. The van der Waals surface area contributed by atoms with E-state index in [4.69, 9.17) is 15.2 Å². The lowest BCUT2D eigenvalue weighted by atomic mass is 9.81. The first-order valence-electron chi connectivity index (χ1n) is 7.43. The maximum absolute atomic E-state index is 13.0. The molecular formula is C17H26FNO3. The highest BCUT2D eigenvalue weighted by Gasteiger charge is 2.36. The van der Waals surface area contributed by atoms with Gasteiger partial charge < -0.3 is 15.2 Å². The van der Waals surface area contributed by atoms with E-state index in [9.17, 15) is 9.18 Å². The summed E-state index contributed by atoms with van der Waals surface area (Å²) in [6.07, 6.45) is 0.229. The number of hydrogen-bond acceptors (Lipinski definition) is 4. The summed E-state index contributed by atoms with van der Waals surface area (Å²) in [5.74, 6) is -0.808. The SMILES string of the molecule is COC(C)(C)[C@@H](Cc1ccc(F)cc1)[C@H](C)OC(=O)[C@H](C)N. The summed E-state index contributed by atoms with van der Waals surface area (Å²) in [7, 11) is 1.62. The van der Waals surface area contributed by atoms with Crippen LogP contribution in [0.25, 0.3) is 0 Å². The third-order valence-corrected chi connectivity index (χ3v) is 4.03.